The lowest BCUT2D eigenvalue weighted by atomic mass is 10.2. The summed E-state index contributed by atoms with van der Waals surface area (Å²) in [5, 5.41) is 11.1. The Morgan fingerprint density at radius 3 is 2.59 bits per heavy atom. The van der Waals surface area contributed by atoms with Gasteiger partial charge in [-0.25, -0.2) is 4.79 Å². The van der Waals surface area contributed by atoms with Crippen LogP contribution in [0.3, 0.4) is 0 Å². The van der Waals surface area contributed by atoms with E-state index in [1.54, 1.807) is 20.9 Å². The summed E-state index contributed by atoms with van der Waals surface area (Å²) in [5.74, 6) is 1.07. The summed E-state index contributed by atoms with van der Waals surface area (Å²) in [6.07, 6.45) is -0.377. The van der Waals surface area contributed by atoms with E-state index in [1.165, 1.54) is 4.90 Å². The number of carbonyl (C=O) groups excluding carboxylic acids is 1. The van der Waals surface area contributed by atoms with E-state index in [2.05, 4.69) is 15.5 Å². The summed E-state index contributed by atoms with van der Waals surface area (Å²) in [5.41, 5.74) is 1.65. The van der Waals surface area contributed by atoms with Crippen LogP contribution in [0, 0.1) is 6.92 Å². The molecule has 0 radical (unpaired) electrons. The second-order valence-corrected chi connectivity index (χ2v) is 4.83. The summed E-state index contributed by atoms with van der Waals surface area (Å²) < 4.78 is 10.3. The number of nitrogens with one attached hydrogen (secondary N) is 1. The summed E-state index contributed by atoms with van der Waals surface area (Å²) in [6.45, 7) is 5.82. The van der Waals surface area contributed by atoms with Crippen LogP contribution in [0.2, 0.25) is 0 Å². The van der Waals surface area contributed by atoms with Gasteiger partial charge in [-0.15, -0.1) is 10.2 Å². The Labute approximate surface area is 129 Å². The number of benzene rings is 1. The van der Waals surface area contributed by atoms with Crippen LogP contribution in [0.5, 0.6) is 0 Å². The number of aryl methyl sites for hydroxylation is 1. The SMILES string of the molecule is CCOC(=O)N(C)c1ccc(N[C@@H](C)c2nnc(C)o2)cc1. The van der Waals surface area contributed by atoms with Crippen LogP contribution in [-0.4, -0.2) is 29.9 Å². The van der Waals surface area contributed by atoms with Gasteiger partial charge >= 0.3 is 6.09 Å². The van der Waals surface area contributed by atoms with Gasteiger partial charge in [-0.1, -0.05) is 0 Å². The average molecular weight is 304 g/mol. The van der Waals surface area contributed by atoms with E-state index < -0.39 is 0 Å². The number of aromatic nitrogens is 2. The fraction of sp³-hybridized carbons (Fsp3) is 0.400. The Bertz CT molecular complexity index is 624. The fourth-order valence-corrected chi connectivity index (χ4v) is 1.91. The smallest absolute Gasteiger partial charge is 0.413 e. The zero-order valence-electron chi connectivity index (χ0n) is 13.2. The van der Waals surface area contributed by atoms with Crippen LogP contribution in [-0.2, 0) is 4.74 Å². The molecule has 7 nitrogen and oxygen atoms in total. The van der Waals surface area contributed by atoms with Crippen LogP contribution in [0.15, 0.2) is 28.7 Å². The number of carbonyl (C=O) groups is 1. The molecule has 7 heteroatoms. The maximum absolute atomic E-state index is 11.7. The molecule has 1 aromatic heterocycles. The summed E-state index contributed by atoms with van der Waals surface area (Å²) in [6, 6.07) is 7.33. The highest BCUT2D eigenvalue weighted by molar-refractivity contribution is 5.87. The molecule has 0 unspecified atom stereocenters. The molecule has 1 N–H and O–H groups in total. The van der Waals surface area contributed by atoms with Crippen molar-refractivity contribution < 1.29 is 13.9 Å². The highest BCUT2D eigenvalue weighted by Crippen LogP contribution is 2.21. The number of anilines is 2. The predicted molar refractivity (Wildman–Crippen MR) is 82.9 cm³/mol. The van der Waals surface area contributed by atoms with Gasteiger partial charge in [0.05, 0.1) is 6.61 Å². The van der Waals surface area contributed by atoms with Crippen LogP contribution in [0.1, 0.15) is 31.7 Å². The number of nitrogens with zero attached hydrogens (tertiary/aromatic N) is 3. The van der Waals surface area contributed by atoms with E-state index in [-0.39, 0.29) is 12.1 Å². The molecule has 0 bridgehead atoms. The van der Waals surface area contributed by atoms with Gasteiger partial charge in [-0.05, 0) is 38.1 Å². The lowest BCUT2D eigenvalue weighted by Gasteiger charge is -2.17. The normalized spacial score (nSPS) is 11.8. The van der Waals surface area contributed by atoms with Gasteiger partial charge < -0.3 is 14.5 Å². The Morgan fingerprint density at radius 1 is 1.36 bits per heavy atom. The number of amides is 1. The number of hydrogen-bond acceptors (Lipinski definition) is 6. The monoisotopic (exact) mass is 304 g/mol. The second-order valence-electron chi connectivity index (χ2n) is 4.83. The van der Waals surface area contributed by atoms with Crippen molar-refractivity contribution in [2.24, 2.45) is 0 Å². The van der Waals surface area contributed by atoms with Crippen LogP contribution in [0.25, 0.3) is 0 Å². The molecule has 0 saturated heterocycles. The molecule has 22 heavy (non-hydrogen) atoms. The van der Waals surface area contributed by atoms with Gasteiger partial charge in [0.25, 0.3) is 0 Å². The maximum Gasteiger partial charge on any atom is 0.413 e. The van der Waals surface area contributed by atoms with Gasteiger partial charge in [0.1, 0.15) is 6.04 Å². The summed E-state index contributed by atoms with van der Waals surface area (Å²) in [4.78, 5) is 13.1. The van der Waals surface area contributed by atoms with E-state index in [0.29, 0.717) is 18.4 Å². The number of rotatable bonds is 5. The number of ether oxygens (including phenoxy) is 1. The van der Waals surface area contributed by atoms with Crippen molar-refractivity contribution in [3.63, 3.8) is 0 Å². The first-order valence-corrected chi connectivity index (χ1v) is 7.08. The molecule has 0 fully saturated rings. The molecule has 1 amide bonds. The molecule has 0 aliphatic rings. The zero-order chi connectivity index (χ0) is 16.1. The van der Waals surface area contributed by atoms with Crippen LogP contribution >= 0.6 is 0 Å². The van der Waals surface area contributed by atoms with Crippen molar-refractivity contribution >= 4 is 17.5 Å². The minimum Gasteiger partial charge on any atom is -0.449 e. The molecule has 1 heterocycles. The Kier molecular flexibility index (Phi) is 4.98. The highest BCUT2D eigenvalue weighted by atomic mass is 16.6. The molecule has 1 aromatic carbocycles. The first-order valence-electron chi connectivity index (χ1n) is 7.08. The molecule has 2 aromatic rings. The minimum atomic E-state index is -0.377. The van der Waals surface area contributed by atoms with Crippen molar-refractivity contribution in [1.29, 1.82) is 0 Å². The Morgan fingerprint density at radius 2 is 2.05 bits per heavy atom. The Hall–Kier alpha value is -2.57. The highest BCUT2D eigenvalue weighted by Gasteiger charge is 2.14. The van der Waals surface area contributed by atoms with Crippen molar-refractivity contribution in [2.45, 2.75) is 26.8 Å². The standard InChI is InChI=1S/C15H20N4O3/c1-5-21-15(20)19(4)13-8-6-12(7-9-13)16-10(2)14-18-17-11(3)22-14/h6-10,16H,5H2,1-4H3/t10-/m0/s1. The topological polar surface area (TPSA) is 80.5 Å². The van der Waals surface area contributed by atoms with E-state index in [4.69, 9.17) is 9.15 Å². The lowest BCUT2D eigenvalue weighted by Crippen LogP contribution is -2.26. The third-order valence-electron chi connectivity index (χ3n) is 3.09. The molecule has 1 atom stereocenters. The van der Waals surface area contributed by atoms with Gasteiger partial charge in [-0.3, -0.25) is 4.90 Å². The predicted octanol–water partition coefficient (Wildman–Crippen LogP) is 3.14. The molecule has 0 spiro atoms. The zero-order valence-corrected chi connectivity index (χ0v) is 13.2. The average Bonchev–Trinajstić information content (AvgIpc) is 2.94. The van der Waals surface area contributed by atoms with Crippen LogP contribution < -0.4 is 10.2 Å². The first kappa shape index (κ1) is 15.8. The van der Waals surface area contributed by atoms with Gasteiger partial charge in [0, 0.05) is 25.3 Å². The lowest BCUT2D eigenvalue weighted by molar-refractivity contribution is 0.161. The van der Waals surface area contributed by atoms with Crippen molar-refractivity contribution in [3.8, 4) is 0 Å². The Balaban J connectivity index is 2.01. The second kappa shape index (κ2) is 6.93. The van der Waals surface area contributed by atoms with E-state index >= 15 is 0 Å². The summed E-state index contributed by atoms with van der Waals surface area (Å²) >= 11 is 0. The largest absolute Gasteiger partial charge is 0.449 e. The molecular formula is C15H20N4O3. The number of hydrogen-bond donors (Lipinski definition) is 1. The third kappa shape index (κ3) is 3.75. The van der Waals surface area contributed by atoms with Gasteiger partial charge in [0.2, 0.25) is 11.8 Å². The molecule has 0 aliphatic carbocycles. The molecule has 0 saturated carbocycles. The van der Waals surface area contributed by atoms with Gasteiger partial charge in [0.15, 0.2) is 0 Å². The van der Waals surface area contributed by atoms with E-state index in [1.807, 2.05) is 31.2 Å². The molecule has 118 valence electrons. The van der Waals surface area contributed by atoms with Crippen molar-refractivity contribution in [3.05, 3.63) is 36.0 Å². The molecular weight excluding hydrogens is 284 g/mol. The van der Waals surface area contributed by atoms with Crippen LogP contribution in [0.4, 0.5) is 16.2 Å². The minimum absolute atomic E-state index is 0.102. The van der Waals surface area contributed by atoms with E-state index in [9.17, 15) is 4.79 Å². The first-order chi connectivity index (χ1) is 10.5. The van der Waals surface area contributed by atoms with Crippen molar-refractivity contribution in [2.75, 3.05) is 23.9 Å². The van der Waals surface area contributed by atoms with Crippen molar-refractivity contribution in [1.82, 2.24) is 10.2 Å². The molecule has 0 aliphatic heterocycles. The molecule has 2 rings (SSSR count). The van der Waals surface area contributed by atoms with E-state index in [0.717, 1.165) is 11.4 Å². The fourth-order valence-electron chi connectivity index (χ4n) is 1.91. The van der Waals surface area contributed by atoms with Gasteiger partial charge in [-0.2, -0.15) is 0 Å². The third-order valence-corrected chi connectivity index (χ3v) is 3.09. The maximum atomic E-state index is 11.7. The summed E-state index contributed by atoms with van der Waals surface area (Å²) in [7, 11) is 1.67. The quantitative estimate of drug-likeness (QED) is 0.914.